The highest BCUT2D eigenvalue weighted by Gasteiger charge is 2.27. The van der Waals surface area contributed by atoms with Crippen LogP contribution in [-0.2, 0) is 0 Å². The van der Waals surface area contributed by atoms with Crippen molar-refractivity contribution in [2.45, 2.75) is 19.4 Å². The maximum absolute atomic E-state index is 11.0. The number of aromatic carboxylic acids is 1. The number of aliphatic hydroxyl groups is 1. The Labute approximate surface area is 115 Å². The highest BCUT2D eigenvalue weighted by atomic mass is 16.6. The summed E-state index contributed by atoms with van der Waals surface area (Å²) in [5.41, 5.74) is -0.113. The van der Waals surface area contributed by atoms with E-state index in [1.807, 2.05) is 11.8 Å². The first kappa shape index (κ1) is 14.3. The van der Waals surface area contributed by atoms with Gasteiger partial charge in [0.2, 0.25) is 0 Å². The van der Waals surface area contributed by atoms with Crippen LogP contribution in [-0.4, -0.2) is 40.3 Å². The Morgan fingerprint density at radius 1 is 1.50 bits per heavy atom. The van der Waals surface area contributed by atoms with Crippen LogP contribution in [0.15, 0.2) is 18.2 Å². The number of aliphatic hydroxyl groups excluding tert-OH is 1. The van der Waals surface area contributed by atoms with Crippen molar-refractivity contribution in [1.82, 2.24) is 0 Å². The van der Waals surface area contributed by atoms with E-state index in [9.17, 15) is 20.0 Å². The Morgan fingerprint density at radius 3 is 2.75 bits per heavy atom. The molecule has 0 radical (unpaired) electrons. The summed E-state index contributed by atoms with van der Waals surface area (Å²) < 4.78 is 0. The van der Waals surface area contributed by atoms with E-state index in [1.54, 1.807) is 6.07 Å². The number of benzene rings is 1. The van der Waals surface area contributed by atoms with E-state index in [-0.39, 0.29) is 17.6 Å². The molecule has 20 heavy (non-hydrogen) atoms. The van der Waals surface area contributed by atoms with Crippen molar-refractivity contribution in [2.75, 3.05) is 18.0 Å². The summed E-state index contributed by atoms with van der Waals surface area (Å²) in [6, 6.07) is 4.11. The highest BCUT2D eigenvalue weighted by molar-refractivity contribution is 5.93. The van der Waals surface area contributed by atoms with E-state index in [1.165, 1.54) is 12.1 Å². The largest absolute Gasteiger partial charge is 0.477 e. The van der Waals surface area contributed by atoms with E-state index in [0.717, 1.165) is 0 Å². The van der Waals surface area contributed by atoms with Crippen molar-refractivity contribution >= 4 is 17.3 Å². The molecule has 0 spiro atoms. The fraction of sp³-hybridized carbons (Fsp3) is 0.462. The van der Waals surface area contributed by atoms with Crippen LogP contribution in [0.1, 0.15) is 23.7 Å². The van der Waals surface area contributed by atoms with Gasteiger partial charge in [-0.15, -0.1) is 0 Å². The van der Waals surface area contributed by atoms with Crippen LogP contribution in [0.2, 0.25) is 0 Å². The van der Waals surface area contributed by atoms with Gasteiger partial charge in [-0.05, 0) is 24.5 Å². The highest BCUT2D eigenvalue weighted by Crippen LogP contribution is 2.29. The summed E-state index contributed by atoms with van der Waals surface area (Å²) in [5.74, 6) is -1.24. The Bertz CT molecular complexity index is 546. The number of hydrogen-bond acceptors (Lipinski definition) is 5. The van der Waals surface area contributed by atoms with Gasteiger partial charge in [-0.3, -0.25) is 10.1 Å². The molecule has 7 nitrogen and oxygen atoms in total. The number of nitro groups is 1. The van der Waals surface area contributed by atoms with Gasteiger partial charge in [-0.1, -0.05) is 6.92 Å². The summed E-state index contributed by atoms with van der Waals surface area (Å²) in [6.07, 6.45) is 0.231. The molecule has 1 aliphatic heterocycles. The van der Waals surface area contributed by atoms with Gasteiger partial charge in [0.15, 0.2) is 0 Å². The molecule has 0 aromatic heterocycles. The fourth-order valence-corrected chi connectivity index (χ4v) is 2.42. The van der Waals surface area contributed by atoms with E-state index in [2.05, 4.69) is 0 Å². The summed E-state index contributed by atoms with van der Waals surface area (Å²) in [4.78, 5) is 23.2. The Kier molecular flexibility index (Phi) is 3.89. The molecule has 0 aliphatic carbocycles. The van der Waals surface area contributed by atoms with Crippen LogP contribution < -0.4 is 4.90 Å². The number of carboxylic acids is 1. The second-order valence-electron chi connectivity index (χ2n) is 5.04. The van der Waals surface area contributed by atoms with E-state index < -0.39 is 16.6 Å². The number of carboxylic acid groups (broad SMARTS) is 1. The number of nitro benzene ring substituents is 1. The molecule has 2 rings (SSSR count). The van der Waals surface area contributed by atoms with Gasteiger partial charge >= 0.3 is 5.97 Å². The zero-order chi connectivity index (χ0) is 14.9. The third-order valence-corrected chi connectivity index (χ3v) is 3.63. The smallest absolute Gasteiger partial charge is 0.342 e. The SMILES string of the molecule is CC1CN(c2ccc(C(=O)O)c([N+](=O)[O-])c2)CCC1O. The zero-order valence-corrected chi connectivity index (χ0v) is 11.0. The average molecular weight is 280 g/mol. The number of piperidine rings is 1. The number of carbonyl (C=O) groups is 1. The number of hydrogen-bond donors (Lipinski definition) is 2. The van der Waals surface area contributed by atoms with Gasteiger partial charge in [0.1, 0.15) is 5.56 Å². The monoisotopic (exact) mass is 280 g/mol. The molecule has 108 valence electrons. The predicted octanol–water partition coefficient (Wildman–Crippen LogP) is 1.50. The van der Waals surface area contributed by atoms with Gasteiger partial charge < -0.3 is 15.1 Å². The molecule has 0 saturated carbocycles. The Hall–Kier alpha value is -2.15. The molecule has 1 aliphatic rings. The Morgan fingerprint density at radius 2 is 2.20 bits per heavy atom. The maximum Gasteiger partial charge on any atom is 0.342 e. The van der Waals surface area contributed by atoms with E-state index >= 15 is 0 Å². The third kappa shape index (κ3) is 2.72. The van der Waals surface area contributed by atoms with Gasteiger partial charge in [0, 0.05) is 24.8 Å². The lowest BCUT2D eigenvalue weighted by atomic mass is 9.96. The molecule has 1 fully saturated rings. The van der Waals surface area contributed by atoms with Crippen LogP contribution >= 0.6 is 0 Å². The van der Waals surface area contributed by atoms with Crippen molar-refractivity contribution in [2.24, 2.45) is 5.92 Å². The lowest BCUT2D eigenvalue weighted by Crippen LogP contribution is -2.42. The number of nitrogens with zero attached hydrogens (tertiary/aromatic N) is 2. The zero-order valence-electron chi connectivity index (χ0n) is 11.0. The first-order chi connectivity index (χ1) is 9.40. The van der Waals surface area contributed by atoms with Crippen molar-refractivity contribution < 1.29 is 19.9 Å². The lowest BCUT2D eigenvalue weighted by molar-refractivity contribution is -0.385. The number of rotatable bonds is 3. The molecule has 1 aromatic rings. The predicted molar refractivity (Wildman–Crippen MR) is 72.1 cm³/mol. The van der Waals surface area contributed by atoms with Gasteiger partial charge in [-0.25, -0.2) is 4.79 Å². The van der Waals surface area contributed by atoms with Crippen molar-refractivity contribution in [3.8, 4) is 0 Å². The molecule has 1 heterocycles. The molecule has 2 unspecified atom stereocenters. The minimum atomic E-state index is -1.31. The van der Waals surface area contributed by atoms with Crippen molar-refractivity contribution in [3.63, 3.8) is 0 Å². The average Bonchev–Trinajstić information content (AvgIpc) is 2.41. The Balaban J connectivity index is 2.32. The molecular formula is C13H16N2O5. The second-order valence-corrected chi connectivity index (χ2v) is 5.04. The first-order valence-corrected chi connectivity index (χ1v) is 6.35. The van der Waals surface area contributed by atoms with Crippen LogP contribution in [0.3, 0.4) is 0 Å². The van der Waals surface area contributed by atoms with Crippen molar-refractivity contribution in [1.29, 1.82) is 0 Å². The molecule has 7 heteroatoms. The minimum absolute atomic E-state index is 0.0713. The topological polar surface area (TPSA) is 104 Å². The van der Waals surface area contributed by atoms with Crippen LogP contribution in [0, 0.1) is 16.0 Å². The first-order valence-electron chi connectivity index (χ1n) is 6.35. The summed E-state index contributed by atoms with van der Waals surface area (Å²) >= 11 is 0. The normalized spacial score (nSPS) is 22.6. The molecule has 2 atom stereocenters. The molecule has 1 aromatic carbocycles. The molecule has 1 saturated heterocycles. The van der Waals surface area contributed by atoms with Gasteiger partial charge in [0.05, 0.1) is 11.0 Å². The number of anilines is 1. The van der Waals surface area contributed by atoms with Crippen LogP contribution in [0.25, 0.3) is 0 Å². The summed E-state index contributed by atoms with van der Waals surface area (Å²) in [5, 5.41) is 29.6. The van der Waals surface area contributed by atoms with E-state index in [4.69, 9.17) is 5.11 Å². The fourth-order valence-electron chi connectivity index (χ4n) is 2.42. The standard InChI is InChI=1S/C13H16N2O5/c1-8-7-14(5-4-12(8)16)9-2-3-10(13(17)18)11(6-9)15(19)20/h2-3,6,8,12,16H,4-5,7H2,1H3,(H,17,18). The summed E-state index contributed by atoms with van der Waals surface area (Å²) in [7, 11) is 0. The lowest BCUT2D eigenvalue weighted by Gasteiger charge is -2.35. The summed E-state index contributed by atoms with van der Waals surface area (Å²) in [6.45, 7) is 3.09. The maximum atomic E-state index is 11.0. The minimum Gasteiger partial charge on any atom is -0.477 e. The quantitative estimate of drug-likeness (QED) is 0.642. The van der Waals surface area contributed by atoms with Gasteiger partial charge in [0.25, 0.3) is 5.69 Å². The molecule has 2 N–H and O–H groups in total. The van der Waals surface area contributed by atoms with E-state index in [0.29, 0.717) is 25.2 Å². The van der Waals surface area contributed by atoms with Gasteiger partial charge in [-0.2, -0.15) is 0 Å². The third-order valence-electron chi connectivity index (χ3n) is 3.63. The molecular weight excluding hydrogens is 264 g/mol. The molecule has 0 bridgehead atoms. The van der Waals surface area contributed by atoms with Crippen molar-refractivity contribution in [3.05, 3.63) is 33.9 Å². The molecule has 0 amide bonds. The second kappa shape index (κ2) is 5.46. The van der Waals surface area contributed by atoms with Crippen LogP contribution in [0.5, 0.6) is 0 Å². The van der Waals surface area contributed by atoms with Crippen LogP contribution in [0.4, 0.5) is 11.4 Å².